The summed E-state index contributed by atoms with van der Waals surface area (Å²) >= 11 is 5.92. The normalized spacial score (nSPS) is 10.6. The number of hydrogen-bond donors (Lipinski definition) is 2. The molecule has 1 aromatic heterocycles. The van der Waals surface area contributed by atoms with Crippen molar-refractivity contribution in [1.29, 1.82) is 0 Å². The summed E-state index contributed by atoms with van der Waals surface area (Å²) in [5.41, 5.74) is 3.50. The molecule has 1 amide bonds. The smallest absolute Gasteiger partial charge is 0.255 e. The molecule has 2 N–H and O–H groups in total. The van der Waals surface area contributed by atoms with Crippen molar-refractivity contribution in [3.05, 3.63) is 58.7 Å². The zero-order valence-electron chi connectivity index (χ0n) is 16.0. The minimum absolute atomic E-state index is 0.225. The van der Waals surface area contributed by atoms with Crippen LogP contribution in [0, 0.1) is 0 Å². The van der Waals surface area contributed by atoms with Gasteiger partial charge in [0.05, 0.1) is 25.6 Å². The van der Waals surface area contributed by atoms with Gasteiger partial charge in [-0.15, -0.1) is 0 Å². The predicted octanol–water partition coefficient (Wildman–Crippen LogP) is 4.95. The number of halogens is 1. The molecule has 0 radical (unpaired) electrons. The summed E-state index contributed by atoms with van der Waals surface area (Å²) in [4.78, 5) is 12.7. The number of nitrogens with zero attached hydrogens (tertiary/aromatic N) is 1. The number of carbonyl (C=O) groups excluding carboxylic acids is 1. The zero-order chi connectivity index (χ0) is 20.1. The Morgan fingerprint density at radius 3 is 2.46 bits per heavy atom. The average Bonchev–Trinajstić information content (AvgIpc) is 3.10. The molecule has 3 aromatic rings. The van der Waals surface area contributed by atoms with Crippen LogP contribution in [0.4, 0.5) is 5.69 Å². The summed E-state index contributed by atoms with van der Waals surface area (Å²) in [5.74, 6) is 0.995. The first-order valence-corrected chi connectivity index (χ1v) is 9.31. The lowest BCUT2D eigenvalue weighted by molar-refractivity contribution is 0.102. The Kier molecular flexibility index (Phi) is 6.21. The van der Waals surface area contributed by atoms with E-state index in [0.717, 1.165) is 24.1 Å². The lowest BCUT2D eigenvalue weighted by Crippen LogP contribution is -2.13. The Hall–Kier alpha value is -2.99. The van der Waals surface area contributed by atoms with Crippen molar-refractivity contribution in [3.63, 3.8) is 0 Å². The van der Waals surface area contributed by atoms with Gasteiger partial charge < -0.3 is 14.8 Å². The molecule has 1 heterocycles. The standard InChI is InChI=1S/C21H22ClN3O3/c1-4-5-16-20(23-21(26)13-6-9-15(22)10-7-13)19(25-24-16)14-8-11-17(27-2)18(12-14)28-3/h6-12H,4-5H2,1-3H3,(H,23,26)(H,24,25). The van der Waals surface area contributed by atoms with E-state index in [1.54, 1.807) is 38.5 Å². The largest absolute Gasteiger partial charge is 0.493 e. The van der Waals surface area contributed by atoms with E-state index >= 15 is 0 Å². The van der Waals surface area contributed by atoms with Crippen LogP contribution in [0.15, 0.2) is 42.5 Å². The van der Waals surface area contributed by atoms with Crippen LogP contribution in [0.2, 0.25) is 5.02 Å². The SMILES string of the molecule is CCCc1[nH]nc(-c2ccc(OC)c(OC)c2)c1NC(=O)c1ccc(Cl)cc1. The Morgan fingerprint density at radius 2 is 1.82 bits per heavy atom. The van der Waals surface area contributed by atoms with Crippen molar-refractivity contribution < 1.29 is 14.3 Å². The van der Waals surface area contributed by atoms with E-state index in [4.69, 9.17) is 21.1 Å². The fourth-order valence-electron chi connectivity index (χ4n) is 2.92. The molecule has 0 saturated carbocycles. The predicted molar refractivity (Wildman–Crippen MR) is 111 cm³/mol. The van der Waals surface area contributed by atoms with Gasteiger partial charge in [-0.25, -0.2) is 0 Å². The second kappa shape index (κ2) is 8.80. The lowest BCUT2D eigenvalue weighted by atomic mass is 10.1. The maximum Gasteiger partial charge on any atom is 0.255 e. The molecule has 146 valence electrons. The van der Waals surface area contributed by atoms with Crippen LogP contribution in [0.1, 0.15) is 29.4 Å². The number of ether oxygens (including phenoxy) is 2. The summed E-state index contributed by atoms with van der Waals surface area (Å²) in [7, 11) is 3.17. The van der Waals surface area contributed by atoms with Crippen molar-refractivity contribution in [1.82, 2.24) is 10.2 Å². The highest BCUT2D eigenvalue weighted by molar-refractivity contribution is 6.30. The van der Waals surface area contributed by atoms with Gasteiger partial charge in [0.1, 0.15) is 5.69 Å². The third-order valence-electron chi connectivity index (χ3n) is 4.34. The van der Waals surface area contributed by atoms with E-state index in [-0.39, 0.29) is 5.91 Å². The topological polar surface area (TPSA) is 76.2 Å². The highest BCUT2D eigenvalue weighted by atomic mass is 35.5. The van der Waals surface area contributed by atoms with Crippen LogP contribution in [-0.4, -0.2) is 30.3 Å². The Balaban J connectivity index is 1.99. The van der Waals surface area contributed by atoms with Crippen molar-refractivity contribution in [2.24, 2.45) is 0 Å². The minimum Gasteiger partial charge on any atom is -0.493 e. The van der Waals surface area contributed by atoms with Gasteiger partial charge in [0.15, 0.2) is 11.5 Å². The number of anilines is 1. The van der Waals surface area contributed by atoms with Gasteiger partial charge in [0.25, 0.3) is 5.91 Å². The van der Waals surface area contributed by atoms with Crippen molar-refractivity contribution in [2.45, 2.75) is 19.8 Å². The molecule has 0 atom stereocenters. The first kappa shape index (κ1) is 19.8. The van der Waals surface area contributed by atoms with Crippen LogP contribution in [0.25, 0.3) is 11.3 Å². The third-order valence-corrected chi connectivity index (χ3v) is 4.60. The first-order chi connectivity index (χ1) is 13.6. The molecule has 6 nitrogen and oxygen atoms in total. The van der Waals surface area contributed by atoms with Crippen molar-refractivity contribution >= 4 is 23.2 Å². The van der Waals surface area contributed by atoms with Gasteiger partial charge in [-0.2, -0.15) is 5.10 Å². The number of amides is 1. The number of aromatic amines is 1. The molecule has 0 aliphatic carbocycles. The van der Waals surface area contributed by atoms with Gasteiger partial charge in [-0.3, -0.25) is 9.89 Å². The van der Waals surface area contributed by atoms with E-state index < -0.39 is 0 Å². The summed E-state index contributed by atoms with van der Waals surface area (Å²) in [6.45, 7) is 2.07. The van der Waals surface area contributed by atoms with Crippen LogP contribution in [0.3, 0.4) is 0 Å². The first-order valence-electron chi connectivity index (χ1n) is 8.94. The fourth-order valence-corrected chi connectivity index (χ4v) is 3.05. The molecule has 0 spiro atoms. The highest BCUT2D eigenvalue weighted by Gasteiger charge is 2.19. The zero-order valence-corrected chi connectivity index (χ0v) is 16.8. The maximum absolute atomic E-state index is 12.7. The number of aromatic nitrogens is 2. The van der Waals surface area contributed by atoms with Gasteiger partial charge in [0, 0.05) is 16.1 Å². The number of rotatable bonds is 7. The second-order valence-corrected chi connectivity index (χ2v) is 6.64. The Labute approximate surface area is 168 Å². The fraction of sp³-hybridized carbons (Fsp3) is 0.238. The maximum atomic E-state index is 12.7. The number of hydrogen-bond acceptors (Lipinski definition) is 4. The molecule has 0 aliphatic heterocycles. The van der Waals surface area contributed by atoms with Crippen LogP contribution >= 0.6 is 11.6 Å². The van der Waals surface area contributed by atoms with Crippen LogP contribution in [-0.2, 0) is 6.42 Å². The van der Waals surface area contributed by atoms with Gasteiger partial charge in [-0.05, 0) is 48.9 Å². The van der Waals surface area contributed by atoms with Crippen molar-refractivity contribution in [3.8, 4) is 22.8 Å². The van der Waals surface area contributed by atoms with E-state index in [2.05, 4.69) is 22.4 Å². The summed E-state index contributed by atoms with van der Waals surface area (Å²) in [5, 5.41) is 11.1. The molecular formula is C21H22ClN3O3. The summed E-state index contributed by atoms with van der Waals surface area (Å²) < 4.78 is 10.7. The molecule has 2 aromatic carbocycles. The number of carbonyl (C=O) groups is 1. The summed E-state index contributed by atoms with van der Waals surface area (Å²) in [6, 6.07) is 12.3. The quantitative estimate of drug-likeness (QED) is 0.589. The van der Waals surface area contributed by atoms with E-state index in [0.29, 0.717) is 33.5 Å². The van der Waals surface area contributed by atoms with Crippen LogP contribution in [0.5, 0.6) is 11.5 Å². The monoisotopic (exact) mass is 399 g/mol. The van der Waals surface area contributed by atoms with E-state index in [1.165, 1.54) is 0 Å². The average molecular weight is 400 g/mol. The molecule has 7 heteroatoms. The molecular weight excluding hydrogens is 378 g/mol. The second-order valence-electron chi connectivity index (χ2n) is 6.21. The van der Waals surface area contributed by atoms with Crippen molar-refractivity contribution in [2.75, 3.05) is 19.5 Å². The Bertz CT molecular complexity index is 968. The van der Waals surface area contributed by atoms with E-state index in [1.807, 2.05) is 18.2 Å². The number of H-pyrrole nitrogens is 1. The molecule has 0 unspecified atom stereocenters. The molecule has 0 bridgehead atoms. The highest BCUT2D eigenvalue weighted by Crippen LogP contribution is 2.36. The van der Waals surface area contributed by atoms with Gasteiger partial charge in [0.2, 0.25) is 0 Å². The number of aryl methyl sites for hydroxylation is 1. The lowest BCUT2D eigenvalue weighted by Gasteiger charge is -2.11. The molecule has 3 rings (SSSR count). The summed E-state index contributed by atoms with van der Waals surface area (Å²) in [6.07, 6.45) is 1.67. The number of methoxy groups -OCH3 is 2. The minimum atomic E-state index is -0.225. The molecule has 0 aliphatic rings. The number of benzene rings is 2. The molecule has 28 heavy (non-hydrogen) atoms. The number of nitrogens with one attached hydrogen (secondary N) is 2. The Morgan fingerprint density at radius 1 is 1.11 bits per heavy atom. The molecule has 0 fully saturated rings. The van der Waals surface area contributed by atoms with Gasteiger partial charge >= 0.3 is 0 Å². The van der Waals surface area contributed by atoms with E-state index in [9.17, 15) is 4.79 Å². The molecule has 0 saturated heterocycles. The van der Waals surface area contributed by atoms with Crippen LogP contribution < -0.4 is 14.8 Å². The third kappa shape index (κ3) is 4.12. The van der Waals surface area contributed by atoms with Gasteiger partial charge in [-0.1, -0.05) is 24.9 Å².